The molecule has 5 rings (SSSR count). The number of rotatable bonds is 4. The van der Waals surface area contributed by atoms with Gasteiger partial charge >= 0.3 is 5.97 Å². The first-order chi connectivity index (χ1) is 14.5. The summed E-state index contributed by atoms with van der Waals surface area (Å²) >= 11 is 0. The number of esters is 1. The number of hydrogen-bond donors (Lipinski definition) is 0. The van der Waals surface area contributed by atoms with Crippen molar-refractivity contribution >= 4 is 29.3 Å². The van der Waals surface area contributed by atoms with Gasteiger partial charge in [-0.05, 0) is 55.5 Å². The molecule has 1 saturated carbocycles. The Hall–Kier alpha value is -3.54. The second-order valence-corrected chi connectivity index (χ2v) is 8.00. The molecule has 30 heavy (non-hydrogen) atoms. The predicted octanol–water partition coefficient (Wildman–Crippen LogP) is 3.42. The minimum atomic E-state index is -0.661. The second kappa shape index (κ2) is 6.76. The SMILES string of the molecule is CC(=O)c1ccccc1OC(=O)c1cccc(N2C(=O)[C@@H]3[C@H](C2=O)[C@@H]2C=C[C@H]3C2)c1. The highest BCUT2D eigenvalue weighted by Crippen LogP contribution is 2.53. The third-order valence-electron chi connectivity index (χ3n) is 6.28. The van der Waals surface area contributed by atoms with E-state index in [-0.39, 0.29) is 52.6 Å². The van der Waals surface area contributed by atoms with Crippen molar-refractivity contribution in [1.29, 1.82) is 0 Å². The zero-order chi connectivity index (χ0) is 21.0. The van der Waals surface area contributed by atoms with Crippen LogP contribution in [0.25, 0.3) is 0 Å². The monoisotopic (exact) mass is 401 g/mol. The summed E-state index contributed by atoms with van der Waals surface area (Å²) in [6, 6.07) is 12.8. The van der Waals surface area contributed by atoms with Crippen molar-refractivity contribution < 1.29 is 23.9 Å². The molecule has 6 heteroatoms. The molecule has 4 atom stereocenters. The van der Waals surface area contributed by atoms with Gasteiger partial charge in [0.25, 0.3) is 0 Å². The van der Waals surface area contributed by atoms with E-state index in [1.165, 1.54) is 17.9 Å². The van der Waals surface area contributed by atoms with Crippen molar-refractivity contribution in [2.45, 2.75) is 13.3 Å². The number of ether oxygens (including phenoxy) is 1. The standard InChI is InChI=1S/C24H19NO5/c1-13(26)18-7-2-3-8-19(18)30-24(29)16-5-4-6-17(12-16)25-22(27)20-14-9-10-15(11-14)21(20)23(25)28/h2-10,12,14-15,20-21H,11H2,1H3/t14-,15+,20-,21+. The number of Topliss-reactive ketones (excluding diaryl/α,β-unsaturated/α-hetero) is 1. The molecule has 2 aromatic rings. The van der Waals surface area contributed by atoms with Crippen molar-refractivity contribution in [3.63, 3.8) is 0 Å². The second-order valence-electron chi connectivity index (χ2n) is 8.00. The summed E-state index contributed by atoms with van der Waals surface area (Å²) in [5, 5.41) is 0. The number of para-hydroxylation sites is 1. The molecule has 2 amide bonds. The maximum Gasteiger partial charge on any atom is 0.343 e. The molecule has 2 aliphatic carbocycles. The average Bonchev–Trinajstić information content (AvgIpc) is 3.42. The summed E-state index contributed by atoms with van der Waals surface area (Å²) < 4.78 is 5.42. The minimum absolute atomic E-state index is 0.123. The van der Waals surface area contributed by atoms with Crippen LogP contribution in [0.4, 0.5) is 5.69 Å². The molecular formula is C24H19NO5. The summed E-state index contributed by atoms with van der Waals surface area (Å²) in [6.45, 7) is 1.40. The number of fused-ring (bicyclic) bond motifs is 5. The first-order valence-corrected chi connectivity index (χ1v) is 9.94. The number of anilines is 1. The molecule has 150 valence electrons. The Labute approximate surface area is 173 Å². The van der Waals surface area contributed by atoms with Gasteiger partial charge in [0, 0.05) is 0 Å². The number of allylic oxidation sites excluding steroid dienone is 2. The average molecular weight is 401 g/mol. The highest BCUT2D eigenvalue weighted by atomic mass is 16.5. The number of benzene rings is 2. The van der Waals surface area contributed by atoms with E-state index < -0.39 is 5.97 Å². The van der Waals surface area contributed by atoms with Gasteiger partial charge in [0.15, 0.2) is 5.78 Å². The van der Waals surface area contributed by atoms with Crippen molar-refractivity contribution in [3.8, 4) is 5.75 Å². The molecule has 1 saturated heterocycles. The zero-order valence-electron chi connectivity index (χ0n) is 16.3. The lowest BCUT2D eigenvalue weighted by Crippen LogP contribution is -2.33. The molecule has 0 radical (unpaired) electrons. The Morgan fingerprint density at radius 1 is 0.933 bits per heavy atom. The topological polar surface area (TPSA) is 80.8 Å². The van der Waals surface area contributed by atoms with Crippen LogP contribution in [-0.2, 0) is 9.59 Å². The van der Waals surface area contributed by atoms with Crippen LogP contribution in [0.5, 0.6) is 5.75 Å². The van der Waals surface area contributed by atoms with Crippen LogP contribution in [0.15, 0.2) is 60.7 Å². The van der Waals surface area contributed by atoms with E-state index in [2.05, 4.69) is 0 Å². The Morgan fingerprint density at radius 2 is 1.60 bits per heavy atom. The van der Waals surface area contributed by atoms with Gasteiger partial charge < -0.3 is 4.74 Å². The van der Waals surface area contributed by atoms with Gasteiger partial charge in [-0.25, -0.2) is 9.69 Å². The maximum atomic E-state index is 13.0. The van der Waals surface area contributed by atoms with Gasteiger partial charge in [-0.15, -0.1) is 0 Å². The highest BCUT2D eigenvalue weighted by Gasteiger charge is 2.59. The van der Waals surface area contributed by atoms with Crippen LogP contribution in [-0.4, -0.2) is 23.6 Å². The summed E-state index contributed by atoms with van der Waals surface area (Å²) in [5.74, 6) is -1.46. The predicted molar refractivity (Wildman–Crippen MR) is 108 cm³/mol. The van der Waals surface area contributed by atoms with Crippen LogP contribution in [0.1, 0.15) is 34.1 Å². The molecule has 2 fully saturated rings. The van der Waals surface area contributed by atoms with Gasteiger partial charge in [-0.3, -0.25) is 14.4 Å². The van der Waals surface area contributed by atoms with Crippen molar-refractivity contribution in [2.24, 2.45) is 23.7 Å². The van der Waals surface area contributed by atoms with E-state index in [4.69, 9.17) is 4.74 Å². The molecule has 0 aromatic heterocycles. The number of hydrogen-bond acceptors (Lipinski definition) is 5. The first-order valence-electron chi connectivity index (χ1n) is 9.94. The fraction of sp³-hybridized carbons (Fsp3) is 0.250. The lowest BCUT2D eigenvalue weighted by Gasteiger charge is -2.18. The van der Waals surface area contributed by atoms with Crippen LogP contribution in [0.3, 0.4) is 0 Å². The first kappa shape index (κ1) is 18.5. The van der Waals surface area contributed by atoms with Gasteiger partial charge in [0.1, 0.15) is 5.75 Å². The van der Waals surface area contributed by atoms with Gasteiger partial charge in [-0.2, -0.15) is 0 Å². The number of ketones is 1. The molecule has 2 aromatic carbocycles. The molecule has 6 nitrogen and oxygen atoms in total. The van der Waals surface area contributed by atoms with Crippen LogP contribution >= 0.6 is 0 Å². The largest absolute Gasteiger partial charge is 0.422 e. The lowest BCUT2D eigenvalue weighted by atomic mass is 9.85. The molecule has 0 unspecified atom stereocenters. The quantitative estimate of drug-likeness (QED) is 0.258. The number of carbonyl (C=O) groups excluding carboxylic acids is 4. The molecule has 1 heterocycles. The van der Waals surface area contributed by atoms with Crippen LogP contribution in [0.2, 0.25) is 0 Å². The van der Waals surface area contributed by atoms with Crippen molar-refractivity contribution in [2.75, 3.05) is 4.90 Å². The maximum absolute atomic E-state index is 13.0. The summed E-state index contributed by atoms with van der Waals surface area (Å²) in [5.41, 5.74) is 0.875. The molecule has 1 aliphatic heterocycles. The van der Waals surface area contributed by atoms with E-state index in [1.54, 1.807) is 42.5 Å². The smallest absolute Gasteiger partial charge is 0.343 e. The minimum Gasteiger partial charge on any atom is -0.422 e. The fourth-order valence-electron chi connectivity index (χ4n) is 4.93. The Balaban J connectivity index is 1.42. The Bertz CT molecular complexity index is 1100. The molecule has 0 N–H and O–H groups in total. The van der Waals surface area contributed by atoms with E-state index in [9.17, 15) is 19.2 Å². The van der Waals surface area contributed by atoms with E-state index in [1.807, 2.05) is 12.2 Å². The highest BCUT2D eigenvalue weighted by molar-refractivity contribution is 6.23. The van der Waals surface area contributed by atoms with Gasteiger partial charge in [0.05, 0.1) is 28.7 Å². The molecular weight excluding hydrogens is 382 g/mol. The van der Waals surface area contributed by atoms with E-state index in [0.29, 0.717) is 11.3 Å². The molecule has 3 aliphatic rings. The summed E-state index contributed by atoms with van der Waals surface area (Å²) in [6.07, 6.45) is 4.95. The Kier molecular flexibility index (Phi) is 4.17. The fourth-order valence-corrected chi connectivity index (χ4v) is 4.93. The lowest BCUT2D eigenvalue weighted by molar-refractivity contribution is -0.123. The van der Waals surface area contributed by atoms with Crippen LogP contribution in [0, 0.1) is 23.7 Å². The van der Waals surface area contributed by atoms with Crippen molar-refractivity contribution in [3.05, 3.63) is 71.8 Å². The van der Waals surface area contributed by atoms with Gasteiger partial charge in [0.2, 0.25) is 11.8 Å². The van der Waals surface area contributed by atoms with E-state index in [0.717, 1.165) is 6.42 Å². The number of nitrogens with zero attached hydrogens (tertiary/aromatic N) is 1. The molecule has 2 bridgehead atoms. The normalized spacial score (nSPS) is 26.2. The van der Waals surface area contributed by atoms with E-state index >= 15 is 0 Å². The number of amides is 2. The third-order valence-corrected chi connectivity index (χ3v) is 6.28. The number of carbonyl (C=O) groups is 4. The zero-order valence-corrected chi connectivity index (χ0v) is 16.3. The summed E-state index contributed by atoms with van der Waals surface area (Å²) in [4.78, 5) is 51.7. The van der Waals surface area contributed by atoms with Crippen molar-refractivity contribution in [1.82, 2.24) is 0 Å². The van der Waals surface area contributed by atoms with Gasteiger partial charge in [-0.1, -0.05) is 30.4 Å². The Morgan fingerprint density at radius 3 is 2.27 bits per heavy atom. The van der Waals surface area contributed by atoms with Crippen LogP contribution < -0.4 is 9.64 Å². The molecule has 0 spiro atoms. The third kappa shape index (κ3) is 2.71. The summed E-state index contributed by atoms with van der Waals surface area (Å²) in [7, 11) is 0. The number of imide groups is 1.